The number of likely N-dealkylation sites (tertiary alicyclic amines) is 1. The number of Topliss-reactive ketones (excluding diaryl/α,β-unsaturated/α-hetero) is 1. The highest BCUT2D eigenvalue weighted by molar-refractivity contribution is 6.38. The van der Waals surface area contributed by atoms with Gasteiger partial charge in [0.25, 0.3) is 11.8 Å². The van der Waals surface area contributed by atoms with Crippen molar-refractivity contribution in [3.8, 4) is 0 Å². The lowest BCUT2D eigenvalue weighted by molar-refractivity contribution is -0.147. The molecule has 3 aliphatic carbocycles. The van der Waals surface area contributed by atoms with Gasteiger partial charge in [-0.15, -0.1) is 0 Å². The average Bonchev–Trinajstić information content (AvgIpc) is 3.90. The standard InChI is InChI=1S/C41H57N7O6/c1-5-12-28(33(49)39(53)43-27-19-20-27)45-37(51)31-23-26-15-9-10-17-30(26)48(31)40(54)34(41(2,3)4)47-38(52)32(24-13-7-6-8-14-24)46-36(50)29-21-18-25-16-11-22-42-35(25)44-29/h11,16,18,21-22,24,26-28,30-32,34H,5-10,12-15,17,19-20,23H2,1-4H3,(H,43,53)(H,45,51)(H,46,50)(H,47,52)/t26-,28-,30-,31-,32-,34+/m0/s1. The number of carbonyl (C=O) groups is 6. The van der Waals surface area contributed by atoms with Crippen molar-refractivity contribution in [1.82, 2.24) is 36.1 Å². The lowest BCUT2D eigenvalue weighted by Crippen LogP contribution is -2.63. The van der Waals surface area contributed by atoms with Crippen LogP contribution in [0.3, 0.4) is 0 Å². The fraction of sp³-hybridized carbons (Fsp3) is 0.659. The summed E-state index contributed by atoms with van der Waals surface area (Å²) < 4.78 is 0. The number of rotatable bonds is 13. The molecule has 13 heteroatoms. The molecule has 0 aromatic carbocycles. The van der Waals surface area contributed by atoms with Crippen LogP contribution in [0.4, 0.5) is 0 Å². The molecule has 0 unspecified atom stereocenters. The Morgan fingerprint density at radius 2 is 1.59 bits per heavy atom. The highest BCUT2D eigenvalue weighted by Crippen LogP contribution is 2.41. The first-order chi connectivity index (χ1) is 25.8. The van der Waals surface area contributed by atoms with Crippen molar-refractivity contribution in [3.05, 3.63) is 36.2 Å². The van der Waals surface area contributed by atoms with Gasteiger partial charge in [0.1, 0.15) is 23.8 Å². The van der Waals surface area contributed by atoms with Crippen LogP contribution in [0.15, 0.2) is 30.5 Å². The number of amides is 5. The Morgan fingerprint density at radius 3 is 2.30 bits per heavy atom. The van der Waals surface area contributed by atoms with E-state index in [2.05, 4.69) is 31.2 Å². The Bertz CT molecular complexity index is 1730. The minimum absolute atomic E-state index is 0.00807. The second-order valence-corrected chi connectivity index (χ2v) is 17.0. The van der Waals surface area contributed by atoms with E-state index in [-0.39, 0.29) is 35.5 Å². The first kappa shape index (κ1) is 39.3. The third-order valence-electron chi connectivity index (χ3n) is 11.8. The second-order valence-electron chi connectivity index (χ2n) is 17.0. The summed E-state index contributed by atoms with van der Waals surface area (Å²) in [4.78, 5) is 93.5. The lowest BCUT2D eigenvalue weighted by Gasteiger charge is -2.40. The van der Waals surface area contributed by atoms with Gasteiger partial charge in [-0.05, 0) is 92.9 Å². The third-order valence-corrected chi connectivity index (χ3v) is 11.8. The summed E-state index contributed by atoms with van der Waals surface area (Å²) in [7, 11) is 0. The monoisotopic (exact) mass is 743 g/mol. The first-order valence-electron chi connectivity index (χ1n) is 20.2. The highest BCUT2D eigenvalue weighted by atomic mass is 16.2. The molecule has 0 bridgehead atoms. The van der Waals surface area contributed by atoms with Crippen LogP contribution in [0.5, 0.6) is 0 Å². The van der Waals surface area contributed by atoms with Crippen molar-refractivity contribution >= 4 is 46.4 Å². The summed E-state index contributed by atoms with van der Waals surface area (Å²) in [5.41, 5.74) is -0.175. The molecule has 3 saturated carbocycles. The van der Waals surface area contributed by atoms with Crippen LogP contribution >= 0.6 is 0 Å². The molecule has 0 radical (unpaired) electrons. The summed E-state index contributed by atoms with van der Waals surface area (Å²) in [5, 5.41) is 12.5. The van der Waals surface area contributed by atoms with Gasteiger partial charge in [-0.2, -0.15) is 0 Å². The van der Waals surface area contributed by atoms with E-state index in [0.29, 0.717) is 24.9 Å². The van der Waals surface area contributed by atoms with E-state index in [9.17, 15) is 28.8 Å². The van der Waals surface area contributed by atoms with Gasteiger partial charge in [0.2, 0.25) is 23.5 Å². The van der Waals surface area contributed by atoms with Crippen molar-refractivity contribution in [2.45, 2.75) is 154 Å². The lowest BCUT2D eigenvalue weighted by atomic mass is 9.81. The zero-order chi connectivity index (χ0) is 38.6. The van der Waals surface area contributed by atoms with Crippen LogP contribution in [0.1, 0.15) is 128 Å². The number of hydrogen-bond donors (Lipinski definition) is 4. The van der Waals surface area contributed by atoms with E-state index in [1.54, 1.807) is 29.3 Å². The zero-order valence-electron chi connectivity index (χ0n) is 32.2. The minimum atomic E-state index is -1.01. The number of aromatic nitrogens is 2. The Labute approximate surface area is 318 Å². The van der Waals surface area contributed by atoms with Gasteiger partial charge in [-0.3, -0.25) is 28.8 Å². The molecule has 6 atom stereocenters. The van der Waals surface area contributed by atoms with Crippen LogP contribution in [0.25, 0.3) is 11.0 Å². The van der Waals surface area contributed by atoms with E-state index in [0.717, 1.165) is 76.0 Å². The molecule has 292 valence electrons. The highest BCUT2D eigenvalue weighted by Gasteiger charge is 2.51. The summed E-state index contributed by atoms with van der Waals surface area (Å²) in [6.07, 6.45) is 12.6. The minimum Gasteiger partial charge on any atom is -0.347 e. The fourth-order valence-electron chi connectivity index (χ4n) is 8.67. The summed E-state index contributed by atoms with van der Waals surface area (Å²) in [6, 6.07) is 3.11. The van der Waals surface area contributed by atoms with Gasteiger partial charge in [0.15, 0.2) is 5.65 Å². The maximum absolute atomic E-state index is 14.9. The molecule has 5 amide bonds. The number of pyridine rings is 2. The summed E-state index contributed by atoms with van der Waals surface area (Å²) in [6.45, 7) is 7.54. The molecule has 3 heterocycles. The number of nitrogens with one attached hydrogen (secondary N) is 4. The smallest absolute Gasteiger partial charge is 0.289 e. The van der Waals surface area contributed by atoms with E-state index in [1.165, 1.54) is 0 Å². The van der Waals surface area contributed by atoms with Gasteiger partial charge in [0.05, 0.1) is 6.04 Å². The fourth-order valence-corrected chi connectivity index (χ4v) is 8.67. The van der Waals surface area contributed by atoms with Gasteiger partial charge in [-0.1, -0.05) is 66.2 Å². The van der Waals surface area contributed by atoms with Crippen LogP contribution < -0.4 is 21.3 Å². The average molecular weight is 744 g/mol. The van der Waals surface area contributed by atoms with E-state index in [4.69, 9.17) is 0 Å². The van der Waals surface area contributed by atoms with Crippen LogP contribution in [0, 0.1) is 17.3 Å². The molecule has 4 N–H and O–H groups in total. The van der Waals surface area contributed by atoms with Crippen molar-refractivity contribution in [1.29, 1.82) is 0 Å². The van der Waals surface area contributed by atoms with Gasteiger partial charge in [-0.25, -0.2) is 9.97 Å². The van der Waals surface area contributed by atoms with Crippen molar-refractivity contribution in [2.24, 2.45) is 17.3 Å². The van der Waals surface area contributed by atoms with Crippen molar-refractivity contribution < 1.29 is 28.8 Å². The summed E-state index contributed by atoms with van der Waals surface area (Å²) >= 11 is 0. The molecule has 0 spiro atoms. The summed E-state index contributed by atoms with van der Waals surface area (Å²) in [5.74, 6) is -3.13. The van der Waals surface area contributed by atoms with Crippen LogP contribution in [-0.2, 0) is 24.0 Å². The molecule has 2 aromatic heterocycles. The second kappa shape index (κ2) is 16.9. The molecule has 2 aromatic rings. The predicted octanol–water partition coefficient (Wildman–Crippen LogP) is 4.13. The topological polar surface area (TPSA) is 180 Å². The van der Waals surface area contributed by atoms with Crippen molar-refractivity contribution in [2.75, 3.05) is 0 Å². The van der Waals surface area contributed by atoms with E-state index >= 15 is 0 Å². The maximum Gasteiger partial charge on any atom is 0.289 e. The normalized spacial score (nSPS) is 23.4. The largest absolute Gasteiger partial charge is 0.347 e. The zero-order valence-corrected chi connectivity index (χ0v) is 32.2. The van der Waals surface area contributed by atoms with Gasteiger partial charge in [0, 0.05) is 23.7 Å². The molecular weight excluding hydrogens is 686 g/mol. The SMILES string of the molecule is CCC[C@H](NC(=O)[C@@H]1C[C@@H]2CCCC[C@@H]2N1C(=O)[C@@H](NC(=O)[C@@H](NC(=O)c1ccc2cccnc2n1)C1CCCCC1)C(C)(C)C)C(=O)C(=O)NC1CC1. The Hall–Kier alpha value is -4.42. The first-order valence-corrected chi connectivity index (χ1v) is 20.2. The Morgan fingerprint density at radius 1 is 0.870 bits per heavy atom. The van der Waals surface area contributed by atoms with E-state index in [1.807, 2.05) is 33.8 Å². The Kier molecular flexibility index (Phi) is 12.3. The number of ketones is 1. The van der Waals surface area contributed by atoms with E-state index < -0.39 is 59.0 Å². The van der Waals surface area contributed by atoms with Gasteiger partial charge < -0.3 is 26.2 Å². The maximum atomic E-state index is 14.9. The van der Waals surface area contributed by atoms with Crippen molar-refractivity contribution in [3.63, 3.8) is 0 Å². The molecule has 13 nitrogen and oxygen atoms in total. The number of fused-ring (bicyclic) bond motifs is 2. The van der Waals surface area contributed by atoms with Crippen LogP contribution in [0.2, 0.25) is 0 Å². The molecular formula is C41H57N7O6. The molecule has 1 saturated heterocycles. The number of carbonyl (C=O) groups excluding carboxylic acids is 6. The molecule has 4 fully saturated rings. The number of nitrogens with zero attached hydrogens (tertiary/aromatic N) is 3. The predicted molar refractivity (Wildman–Crippen MR) is 203 cm³/mol. The quantitative estimate of drug-likeness (QED) is 0.221. The molecule has 54 heavy (non-hydrogen) atoms. The van der Waals surface area contributed by atoms with Crippen LogP contribution in [-0.4, -0.2) is 86.4 Å². The Balaban J connectivity index is 1.23. The molecule has 1 aliphatic heterocycles. The molecule has 6 rings (SSSR count). The number of hydrogen-bond acceptors (Lipinski definition) is 8. The third kappa shape index (κ3) is 9.09. The molecule has 4 aliphatic rings. The van der Waals surface area contributed by atoms with Gasteiger partial charge >= 0.3 is 0 Å².